The van der Waals surface area contributed by atoms with Crippen molar-refractivity contribution in [2.75, 3.05) is 32.7 Å². The maximum atomic E-state index is 13.2. The van der Waals surface area contributed by atoms with Crippen LogP contribution >= 0.6 is 0 Å². The summed E-state index contributed by atoms with van der Waals surface area (Å²) in [5.41, 5.74) is -1.74. The molecule has 2 saturated heterocycles. The predicted molar refractivity (Wildman–Crippen MR) is 80.9 cm³/mol. The van der Waals surface area contributed by atoms with E-state index in [1.807, 2.05) is 4.90 Å². The first-order valence-electron chi connectivity index (χ1n) is 7.93. The second-order valence-corrected chi connectivity index (χ2v) is 6.63. The Balaban J connectivity index is 1.61. The van der Waals surface area contributed by atoms with Crippen molar-refractivity contribution in [3.8, 4) is 0 Å². The van der Waals surface area contributed by atoms with Gasteiger partial charge in [-0.2, -0.15) is 0 Å². The molecule has 1 atom stereocenters. The number of alkyl halides is 2. The van der Waals surface area contributed by atoms with E-state index >= 15 is 0 Å². The van der Waals surface area contributed by atoms with Crippen LogP contribution in [0.5, 0.6) is 0 Å². The quantitative estimate of drug-likeness (QED) is 0.812. The van der Waals surface area contributed by atoms with Crippen LogP contribution in [0.15, 0.2) is 17.3 Å². The normalized spacial score (nSPS) is 27.4. The number of hydrogen-bond acceptors (Lipinski definition) is 5. The highest BCUT2D eigenvalue weighted by molar-refractivity contribution is 5.93. The van der Waals surface area contributed by atoms with Gasteiger partial charge in [0.1, 0.15) is 5.56 Å². The number of rotatable bonds is 3. The molecule has 1 unspecified atom stereocenters. The molecule has 1 amide bonds. The topological polar surface area (TPSA) is 89.5 Å². The minimum Gasteiger partial charge on any atom is -0.387 e. The van der Waals surface area contributed by atoms with Crippen LogP contribution in [0.2, 0.25) is 0 Å². The molecule has 2 fully saturated rings. The van der Waals surface area contributed by atoms with Gasteiger partial charge in [-0.15, -0.1) is 0 Å². The molecule has 0 saturated carbocycles. The number of hydrogen-bond donors (Lipinski definition) is 2. The SMILES string of the molecule is O=C(c1cnc[nH]c1=O)N1CCC(O)(CN2CCC(F)(F)CC2)C1. The van der Waals surface area contributed by atoms with Gasteiger partial charge in [-0.3, -0.25) is 14.5 Å². The number of aliphatic hydroxyl groups is 1. The number of carbonyl (C=O) groups excluding carboxylic acids is 1. The van der Waals surface area contributed by atoms with Crippen molar-refractivity contribution in [2.24, 2.45) is 0 Å². The Kier molecular flexibility index (Phi) is 4.39. The van der Waals surface area contributed by atoms with Gasteiger partial charge in [0.15, 0.2) is 0 Å². The summed E-state index contributed by atoms with van der Waals surface area (Å²) in [6, 6.07) is 0. The van der Waals surface area contributed by atoms with Crippen molar-refractivity contribution in [3.63, 3.8) is 0 Å². The molecule has 3 rings (SSSR count). The van der Waals surface area contributed by atoms with E-state index in [0.717, 1.165) is 0 Å². The molecule has 132 valence electrons. The number of aromatic amines is 1. The average Bonchev–Trinajstić information content (AvgIpc) is 2.92. The second-order valence-electron chi connectivity index (χ2n) is 6.63. The lowest BCUT2D eigenvalue weighted by atomic mass is 10.00. The number of H-pyrrole nitrogens is 1. The number of nitrogens with zero attached hydrogens (tertiary/aromatic N) is 3. The van der Waals surface area contributed by atoms with Crippen molar-refractivity contribution < 1.29 is 18.7 Å². The molecule has 1 aromatic heterocycles. The lowest BCUT2D eigenvalue weighted by Gasteiger charge is -2.36. The number of halogens is 2. The fourth-order valence-electron chi connectivity index (χ4n) is 3.28. The molecule has 9 heteroatoms. The maximum absolute atomic E-state index is 13.2. The van der Waals surface area contributed by atoms with Gasteiger partial charge in [0.2, 0.25) is 0 Å². The Labute approximate surface area is 137 Å². The van der Waals surface area contributed by atoms with Gasteiger partial charge >= 0.3 is 0 Å². The molecule has 0 aliphatic carbocycles. The van der Waals surface area contributed by atoms with E-state index in [2.05, 4.69) is 9.97 Å². The van der Waals surface area contributed by atoms with Gasteiger partial charge in [-0.1, -0.05) is 0 Å². The summed E-state index contributed by atoms with van der Waals surface area (Å²) in [4.78, 5) is 33.3. The van der Waals surface area contributed by atoms with E-state index in [0.29, 0.717) is 13.0 Å². The summed E-state index contributed by atoms with van der Waals surface area (Å²) >= 11 is 0. The second kappa shape index (κ2) is 6.21. The zero-order valence-electron chi connectivity index (χ0n) is 13.2. The van der Waals surface area contributed by atoms with Gasteiger partial charge in [0.05, 0.1) is 18.5 Å². The van der Waals surface area contributed by atoms with Crippen molar-refractivity contribution in [2.45, 2.75) is 30.8 Å². The largest absolute Gasteiger partial charge is 0.387 e. The Bertz CT molecular complexity index is 671. The summed E-state index contributed by atoms with van der Waals surface area (Å²) in [7, 11) is 0. The van der Waals surface area contributed by atoms with E-state index in [1.165, 1.54) is 17.4 Å². The van der Waals surface area contributed by atoms with Crippen LogP contribution in [0.4, 0.5) is 8.78 Å². The third kappa shape index (κ3) is 3.62. The monoisotopic (exact) mass is 342 g/mol. The van der Waals surface area contributed by atoms with Crippen molar-refractivity contribution in [1.29, 1.82) is 0 Å². The molecule has 2 aliphatic rings. The highest BCUT2D eigenvalue weighted by Crippen LogP contribution is 2.30. The van der Waals surface area contributed by atoms with Gasteiger partial charge in [0.25, 0.3) is 17.4 Å². The van der Waals surface area contributed by atoms with Crippen LogP contribution in [-0.2, 0) is 0 Å². The Morgan fingerprint density at radius 3 is 2.67 bits per heavy atom. The van der Waals surface area contributed by atoms with Crippen LogP contribution in [0.3, 0.4) is 0 Å². The lowest BCUT2D eigenvalue weighted by Crippen LogP contribution is -2.49. The van der Waals surface area contributed by atoms with Crippen LogP contribution in [0.1, 0.15) is 29.6 Å². The summed E-state index contributed by atoms with van der Waals surface area (Å²) in [6.07, 6.45) is 2.33. The van der Waals surface area contributed by atoms with E-state index in [-0.39, 0.29) is 44.6 Å². The number of carbonyl (C=O) groups is 1. The highest BCUT2D eigenvalue weighted by atomic mass is 19.3. The molecule has 0 radical (unpaired) electrons. The summed E-state index contributed by atoms with van der Waals surface area (Å²) in [6.45, 7) is 1.09. The maximum Gasteiger partial charge on any atom is 0.263 e. The summed E-state index contributed by atoms with van der Waals surface area (Å²) < 4.78 is 26.4. The van der Waals surface area contributed by atoms with E-state index < -0.39 is 23.0 Å². The fraction of sp³-hybridized carbons (Fsp3) is 0.667. The molecule has 2 aliphatic heterocycles. The smallest absolute Gasteiger partial charge is 0.263 e. The number of piperidine rings is 1. The van der Waals surface area contributed by atoms with Gasteiger partial charge in [-0.25, -0.2) is 13.8 Å². The van der Waals surface area contributed by atoms with Crippen LogP contribution < -0.4 is 5.56 Å². The molecular weight excluding hydrogens is 322 g/mol. The molecule has 24 heavy (non-hydrogen) atoms. The summed E-state index contributed by atoms with van der Waals surface area (Å²) in [5.74, 6) is -3.11. The zero-order valence-corrected chi connectivity index (χ0v) is 13.2. The minimum atomic E-state index is -2.63. The molecule has 7 nitrogen and oxygen atoms in total. The number of aromatic nitrogens is 2. The first-order valence-corrected chi connectivity index (χ1v) is 7.93. The van der Waals surface area contributed by atoms with Crippen molar-refractivity contribution >= 4 is 5.91 Å². The molecule has 0 bridgehead atoms. The first-order chi connectivity index (χ1) is 11.3. The van der Waals surface area contributed by atoms with Crippen molar-refractivity contribution in [3.05, 3.63) is 28.4 Å². The first kappa shape index (κ1) is 17.0. The molecule has 2 N–H and O–H groups in total. The summed E-state index contributed by atoms with van der Waals surface area (Å²) in [5, 5.41) is 10.7. The fourth-order valence-corrected chi connectivity index (χ4v) is 3.28. The lowest BCUT2D eigenvalue weighted by molar-refractivity contribution is -0.0720. The molecular formula is C15H20F2N4O3. The number of amides is 1. The predicted octanol–water partition coefficient (Wildman–Crippen LogP) is 0.0780. The molecule has 0 aromatic carbocycles. The third-order valence-corrected chi connectivity index (χ3v) is 4.67. The zero-order chi connectivity index (χ0) is 17.4. The Morgan fingerprint density at radius 1 is 1.29 bits per heavy atom. The third-order valence-electron chi connectivity index (χ3n) is 4.67. The Morgan fingerprint density at radius 2 is 2.00 bits per heavy atom. The van der Waals surface area contributed by atoms with Gasteiger partial charge in [-0.05, 0) is 6.42 Å². The Hall–Kier alpha value is -1.87. The molecule has 0 spiro atoms. The molecule has 1 aromatic rings. The van der Waals surface area contributed by atoms with E-state index in [9.17, 15) is 23.5 Å². The minimum absolute atomic E-state index is 0.0700. The number of β-amino-alcohol motifs (C(OH)–C–C–N with tert-alkyl or cyclic N) is 1. The molecule has 3 heterocycles. The van der Waals surface area contributed by atoms with Crippen LogP contribution in [0.25, 0.3) is 0 Å². The standard InChI is InChI=1S/C15H20F2N4O3/c16-15(17)2-4-20(5-3-15)8-14(24)1-6-21(9-14)13(23)11-7-18-10-19-12(11)22/h7,10,24H,1-6,8-9H2,(H,18,19,22). The average molecular weight is 342 g/mol. The van der Waals surface area contributed by atoms with Crippen LogP contribution in [-0.4, -0.2) is 75.0 Å². The highest BCUT2D eigenvalue weighted by Gasteiger charge is 2.42. The van der Waals surface area contributed by atoms with E-state index in [4.69, 9.17) is 0 Å². The number of nitrogens with one attached hydrogen (secondary N) is 1. The number of likely N-dealkylation sites (tertiary alicyclic amines) is 2. The van der Waals surface area contributed by atoms with Crippen molar-refractivity contribution in [1.82, 2.24) is 19.8 Å². The van der Waals surface area contributed by atoms with Gasteiger partial charge < -0.3 is 15.0 Å². The van der Waals surface area contributed by atoms with E-state index in [1.54, 1.807) is 0 Å². The van der Waals surface area contributed by atoms with Gasteiger partial charge in [0, 0.05) is 45.2 Å². The van der Waals surface area contributed by atoms with Crippen LogP contribution in [0, 0.1) is 0 Å².